The van der Waals surface area contributed by atoms with Crippen LogP contribution in [0.2, 0.25) is 0 Å². The van der Waals surface area contributed by atoms with Crippen molar-refractivity contribution in [2.45, 2.75) is 38.2 Å². The molecule has 6 heteroatoms. The first-order valence-corrected chi connectivity index (χ1v) is 10.3. The van der Waals surface area contributed by atoms with Gasteiger partial charge in [-0.15, -0.1) is 0 Å². The normalized spacial score (nSPS) is 16.2. The Bertz CT molecular complexity index is 873. The lowest BCUT2D eigenvalue weighted by atomic mass is 9.96. The molecule has 2 aliphatic rings. The lowest BCUT2D eigenvalue weighted by Crippen LogP contribution is -2.32. The number of rotatable bonds is 7. The topological polar surface area (TPSA) is 67.9 Å². The van der Waals surface area contributed by atoms with E-state index >= 15 is 0 Å². The van der Waals surface area contributed by atoms with Crippen LogP contribution < -0.4 is 14.8 Å². The number of para-hydroxylation sites is 1. The van der Waals surface area contributed by atoms with E-state index in [1.54, 1.807) is 30.3 Å². The molecule has 1 N–H and O–H groups in total. The number of nitrogens with one attached hydrogen (secondary N) is 1. The Morgan fingerprint density at radius 2 is 1.79 bits per heavy atom. The van der Waals surface area contributed by atoms with Crippen LogP contribution >= 0.6 is 0 Å². The van der Waals surface area contributed by atoms with Crippen molar-refractivity contribution in [2.24, 2.45) is 0 Å². The zero-order chi connectivity index (χ0) is 20.1. The summed E-state index contributed by atoms with van der Waals surface area (Å²) < 4.78 is 11.6. The lowest BCUT2D eigenvalue weighted by Gasteiger charge is -2.27. The van der Waals surface area contributed by atoms with Crippen molar-refractivity contribution in [1.82, 2.24) is 4.90 Å². The summed E-state index contributed by atoms with van der Waals surface area (Å²) in [4.78, 5) is 26.7. The quantitative estimate of drug-likeness (QED) is 0.774. The highest BCUT2D eigenvalue weighted by atomic mass is 16.5. The molecule has 4 rings (SSSR count). The summed E-state index contributed by atoms with van der Waals surface area (Å²) in [7, 11) is 0. The average Bonchev–Trinajstić information content (AvgIpc) is 3.24. The SMILES string of the molecule is O=C(Nc1cccc(OCC(=O)N2CCCC2)c1)c1ccccc1OC1CCC1. The molecule has 0 aromatic heterocycles. The Labute approximate surface area is 170 Å². The molecule has 152 valence electrons. The Hall–Kier alpha value is -3.02. The second-order valence-electron chi connectivity index (χ2n) is 7.53. The first-order chi connectivity index (χ1) is 14.2. The highest BCUT2D eigenvalue weighted by Crippen LogP contribution is 2.28. The number of likely N-dealkylation sites (tertiary alicyclic amines) is 1. The summed E-state index contributed by atoms with van der Waals surface area (Å²) >= 11 is 0. The molecule has 2 fully saturated rings. The number of amides is 2. The van der Waals surface area contributed by atoms with Gasteiger partial charge in [0, 0.05) is 24.8 Å². The van der Waals surface area contributed by atoms with Crippen LogP contribution in [0.3, 0.4) is 0 Å². The maximum atomic E-state index is 12.8. The minimum Gasteiger partial charge on any atom is -0.490 e. The van der Waals surface area contributed by atoms with Crippen LogP contribution in [-0.2, 0) is 4.79 Å². The molecular weight excluding hydrogens is 368 g/mol. The van der Waals surface area contributed by atoms with Crippen molar-refractivity contribution in [3.8, 4) is 11.5 Å². The predicted octanol–water partition coefficient (Wildman–Crippen LogP) is 3.87. The van der Waals surface area contributed by atoms with E-state index in [1.807, 2.05) is 23.1 Å². The number of hydrogen-bond donors (Lipinski definition) is 1. The fraction of sp³-hybridized carbons (Fsp3) is 0.391. The molecule has 0 spiro atoms. The molecule has 1 saturated heterocycles. The van der Waals surface area contributed by atoms with Crippen LogP contribution in [0.15, 0.2) is 48.5 Å². The molecule has 1 saturated carbocycles. The van der Waals surface area contributed by atoms with E-state index in [9.17, 15) is 9.59 Å². The number of ether oxygens (including phenoxy) is 2. The van der Waals surface area contributed by atoms with Gasteiger partial charge in [0.15, 0.2) is 6.61 Å². The van der Waals surface area contributed by atoms with Crippen molar-refractivity contribution in [3.05, 3.63) is 54.1 Å². The van der Waals surface area contributed by atoms with Gasteiger partial charge in [-0.25, -0.2) is 0 Å². The van der Waals surface area contributed by atoms with Gasteiger partial charge in [0.1, 0.15) is 11.5 Å². The fourth-order valence-corrected chi connectivity index (χ4v) is 3.49. The molecule has 1 aliphatic carbocycles. The third-order valence-corrected chi connectivity index (χ3v) is 5.39. The number of hydrogen-bond acceptors (Lipinski definition) is 4. The third-order valence-electron chi connectivity index (χ3n) is 5.39. The summed E-state index contributed by atoms with van der Waals surface area (Å²) in [6.45, 7) is 1.62. The molecule has 0 atom stereocenters. The minimum absolute atomic E-state index is 0.000918. The van der Waals surface area contributed by atoms with Gasteiger partial charge in [-0.3, -0.25) is 9.59 Å². The van der Waals surface area contributed by atoms with E-state index in [4.69, 9.17) is 9.47 Å². The second-order valence-corrected chi connectivity index (χ2v) is 7.53. The van der Waals surface area contributed by atoms with Crippen molar-refractivity contribution in [2.75, 3.05) is 25.0 Å². The van der Waals surface area contributed by atoms with Crippen molar-refractivity contribution in [1.29, 1.82) is 0 Å². The van der Waals surface area contributed by atoms with Crippen molar-refractivity contribution < 1.29 is 19.1 Å². The molecule has 1 aliphatic heterocycles. The molecule has 0 bridgehead atoms. The third kappa shape index (κ3) is 4.88. The smallest absolute Gasteiger partial charge is 0.260 e. The molecule has 29 heavy (non-hydrogen) atoms. The van der Waals surface area contributed by atoms with E-state index < -0.39 is 0 Å². The van der Waals surface area contributed by atoms with Gasteiger partial charge in [-0.2, -0.15) is 0 Å². The Morgan fingerprint density at radius 3 is 2.55 bits per heavy atom. The fourth-order valence-electron chi connectivity index (χ4n) is 3.49. The molecular formula is C23H26N2O4. The molecule has 2 aromatic rings. The zero-order valence-electron chi connectivity index (χ0n) is 16.4. The predicted molar refractivity (Wildman–Crippen MR) is 110 cm³/mol. The Balaban J connectivity index is 1.37. The van der Waals surface area contributed by atoms with Gasteiger partial charge in [0.05, 0.1) is 11.7 Å². The maximum absolute atomic E-state index is 12.8. The number of nitrogens with zero attached hydrogens (tertiary/aromatic N) is 1. The number of anilines is 1. The molecule has 1 heterocycles. The molecule has 2 amide bonds. The molecule has 0 unspecified atom stereocenters. The number of carbonyl (C=O) groups is 2. The van der Waals surface area contributed by atoms with Crippen LogP contribution in [0, 0.1) is 0 Å². The van der Waals surface area contributed by atoms with Crippen LogP contribution in [-0.4, -0.2) is 42.5 Å². The van der Waals surface area contributed by atoms with Crippen molar-refractivity contribution >= 4 is 17.5 Å². The standard InChI is InChI=1S/C23H26N2O4/c26-22(25-13-3-4-14-25)16-28-19-10-5-7-17(15-19)24-23(27)20-11-1-2-12-21(20)29-18-8-6-9-18/h1-2,5,7,10-12,15,18H,3-4,6,8-9,13-14,16H2,(H,24,27). The highest BCUT2D eigenvalue weighted by Gasteiger charge is 2.22. The van der Waals surface area contributed by atoms with Crippen LogP contribution in [0.4, 0.5) is 5.69 Å². The minimum atomic E-state index is -0.231. The van der Waals surface area contributed by atoms with Crippen LogP contribution in [0.25, 0.3) is 0 Å². The van der Waals surface area contributed by atoms with Gasteiger partial charge < -0.3 is 19.7 Å². The zero-order valence-corrected chi connectivity index (χ0v) is 16.4. The highest BCUT2D eigenvalue weighted by molar-refractivity contribution is 6.06. The van der Waals surface area contributed by atoms with E-state index in [0.29, 0.717) is 22.7 Å². The van der Waals surface area contributed by atoms with E-state index in [-0.39, 0.29) is 24.5 Å². The average molecular weight is 394 g/mol. The molecule has 2 aromatic carbocycles. The summed E-state index contributed by atoms with van der Waals surface area (Å²) in [5.74, 6) is 0.928. The van der Waals surface area contributed by atoms with Gasteiger partial charge in [0.25, 0.3) is 11.8 Å². The summed E-state index contributed by atoms with van der Waals surface area (Å²) in [5, 5.41) is 2.90. The second kappa shape index (κ2) is 8.99. The first-order valence-electron chi connectivity index (χ1n) is 10.3. The van der Waals surface area contributed by atoms with E-state index in [1.165, 1.54) is 6.42 Å². The van der Waals surface area contributed by atoms with E-state index in [2.05, 4.69) is 5.32 Å². The summed E-state index contributed by atoms with van der Waals surface area (Å²) in [6, 6.07) is 14.4. The Morgan fingerprint density at radius 1 is 1.00 bits per heavy atom. The Kier molecular flexibility index (Phi) is 5.98. The molecule has 6 nitrogen and oxygen atoms in total. The van der Waals surface area contributed by atoms with Gasteiger partial charge in [-0.1, -0.05) is 18.2 Å². The monoisotopic (exact) mass is 394 g/mol. The largest absolute Gasteiger partial charge is 0.490 e. The van der Waals surface area contributed by atoms with Gasteiger partial charge >= 0.3 is 0 Å². The number of benzene rings is 2. The van der Waals surface area contributed by atoms with Crippen molar-refractivity contribution in [3.63, 3.8) is 0 Å². The van der Waals surface area contributed by atoms with Crippen LogP contribution in [0.1, 0.15) is 42.5 Å². The van der Waals surface area contributed by atoms with E-state index in [0.717, 1.165) is 38.8 Å². The molecule has 0 radical (unpaired) electrons. The summed E-state index contributed by atoms with van der Waals surface area (Å²) in [5.41, 5.74) is 1.12. The number of carbonyl (C=O) groups excluding carboxylic acids is 2. The maximum Gasteiger partial charge on any atom is 0.260 e. The van der Waals surface area contributed by atoms with Crippen LogP contribution in [0.5, 0.6) is 11.5 Å². The van der Waals surface area contributed by atoms with Gasteiger partial charge in [-0.05, 0) is 56.4 Å². The summed E-state index contributed by atoms with van der Waals surface area (Å²) in [6.07, 6.45) is 5.55. The lowest BCUT2D eigenvalue weighted by molar-refractivity contribution is -0.132. The van der Waals surface area contributed by atoms with Gasteiger partial charge in [0.2, 0.25) is 0 Å². The first kappa shape index (κ1) is 19.3.